The van der Waals surface area contributed by atoms with Crippen molar-refractivity contribution in [1.82, 2.24) is 0 Å². The Morgan fingerprint density at radius 1 is 1.12 bits per heavy atom. The Morgan fingerprint density at radius 3 is 2.17 bits per heavy atom. The molecule has 1 fully saturated rings. The molecule has 24 heavy (non-hydrogen) atoms. The van der Waals surface area contributed by atoms with Gasteiger partial charge in [0.1, 0.15) is 5.75 Å². The van der Waals surface area contributed by atoms with E-state index >= 15 is 0 Å². The highest BCUT2D eigenvalue weighted by molar-refractivity contribution is 6.17. The highest BCUT2D eigenvalue weighted by Crippen LogP contribution is 2.42. The Hall–Kier alpha value is -1.77. The molecule has 0 amide bonds. The van der Waals surface area contributed by atoms with E-state index in [1.165, 1.54) is 5.57 Å². The van der Waals surface area contributed by atoms with E-state index in [2.05, 4.69) is 20.8 Å². The van der Waals surface area contributed by atoms with Crippen molar-refractivity contribution in [2.24, 2.45) is 11.3 Å². The number of hydrogen-bond acceptors (Lipinski definition) is 3. The number of rotatable bonds is 4. The van der Waals surface area contributed by atoms with Gasteiger partial charge in [-0.3, -0.25) is 0 Å². The molecule has 0 unspecified atom stereocenters. The molecule has 0 aromatic heterocycles. The fraction of sp³-hybridized carbons (Fsp3) is 0.571. The minimum atomic E-state index is -0.202. The molecule has 0 spiro atoms. The summed E-state index contributed by atoms with van der Waals surface area (Å²) in [6.45, 7) is 9.17. The van der Waals surface area contributed by atoms with Gasteiger partial charge in [-0.25, -0.2) is 4.79 Å². The van der Waals surface area contributed by atoms with Crippen LogP contribution in [-0.4, -0.2) is 19.7 Å². The number of hydrogen-bond donors (Lipinski definition) is 0. The van der Waals surface area contributed by atoms with Gasteiger partial charge in [0, 0.05) is 0 Å². The zero-order valence-corrected chi connectivity index (χ0v) is 15.6. The van der Waals surface area contributed by atoms with Gasteiger partial charge in [0.2, 0.25) is 0 Å². The lowest BCUT2D eigenvalue weighted by atomic mass is 9.70. The lowest BCUT2D eigenvalue weighted by Gasteiger charge is -2.35. The maximum atomic E-state index is 12.6. The predicted molar refractivity (Wildman–Crippen MR) is 98.0 cm³/mol. The molecule has 3 heteroatoms. The summed E-state index contributed by atoms with van der Waals surface area (Å²) in [5.41, 5.74) is 3.25. The van der Waals surface area contributed by atoms with Crippen molar-refractivity contribution in [2.45, 2.75) is 53.4 Å². The Morgan fingerprint density at radius 2 is 1.71 bits per heavy atom. The standard InChI is InChI=1S/C21H30O3/c1-6-24-20(22)19(16-9-13-18(23-5)14-10-16)15-7-11-17(12-8-15)21(2,3)4/h9-10,13-14,17H,6-8,11-12H2,1-5H3. The fourth-order valence-corrected chi connectivity index (χ4v) is 3.51. The highest BCUT2D eigenvalue weighted by Gasteiger charge is 2.30. The first kappa shape index (κ1) is 18.6. The van der Waals surface area contributed by atoms with Gasteiger partial charge in [-0.05, 0) is 61.6 Å². The average Bonchev–Trinajstić information content (AvgIpc) is 2.56. The van der Waals surface area contributed by atoms with Crippen LogP contribution in [0, 0.1) is 11.3 Å². The summed E-state index contributed by atoms with van der Waals surface area (Å²) >= 11 is 0. The topological polar surface area (TPSA) is 35.5 Å². The molecule has 0 atom stereocenters. The molecule has 0 saturated heterocycles. The average molecular weight is 330 g/mol. The summed E-state index contributed by atoms with van der Waals surface area (Å²) in [5.74, 6) is 1.30. The third-order valence-electron chi connectivity index (χ3n) is 5.03. The van der Waals surface area contributed by atoms with Crippen LogP contribution in [0.5, 0.6) is 5.75 Å². The Balaban J connectivity index is 2.31. The zero-order valence-electron chi connectivity index (χ0n) is 15.6. The van der Waals surface area contributed by atoms with Crippen LogP contribution >= 0.6 is 0 Å². The highest BCUT2D eigenvalue weighted by atomic mass is 16.5. The first-order valence-electron chi connectivity index (χ1n) is 8.90. The van der Waals surface area contributed by atoms with E-state index in [4.69, 9.17) is 9.47 Å². The minimum Gasteiger partial charge on any atom is -0.497 e. The molecule has 0 aliphatic heterocycles. The van der Waals surface area contributed by atoms with Crippen LogP contribution in [0.1, 0.15) is 58.9 Å². The summed E-state index contributed by atoms with van der Waals surface area (Å²) < 4.78 is 10.6. The van der Waals surface area contributed by atoms with Crippen LogP contribution in [0.25, 0.3) is 5.57 Å². The summed E-state index contributed by atoms with van der Waals surface area (Å²) in [5, 5.41) is 0. The van der Waals surface area contributed by atoms with Gasteiger partial charge in [0.25, 0.3) is 0 Å². The summed E-state index contributed by atoms with van der Waals surface area (Å²) in [4.78, 5) is 12.6. The van der Waals surface area contributed by atoms with Gasteiger partial charge in [-0.15, -0.1) is 0 Å². The summed E-state index contributed by atoms with van der Waals surface area (Å²) in [6.07, 6.45) is 4.22. The molecule has 1 aromatic carbocycles. The zero-order chi connectivity index (χ0) is 17.7. The molecule has 0 radical (unpaired) electrons. The molecular weight excluding hydrogens is 300 g/mol. The van der Waals surface area contributed by atoms with Crippen molar-refractivity contribution < 1.29 is 14.3 Å². The molecule has 1 saturated carbocycles. The number of carbonyl (C=O) groups excluding carboxylic acids is 1. The molecule has 1 aliphatic rings. The predicted octanol–water partition coefficient (Wildman–Crippen LogP) is 5.25. The number of ether oxygens (including phenoxy) is 2. The maximum Gasteiger partial charge on any atom is 0.338 e. The van der Waals surface area contributed by atoms with Crippen molar-refractivity contribution in [1.29, 1.82) is 0 Å². The Labute approximate surface area is 146 Å². The molecule has 0 heterocycles. The number of esters is 1. The third kappa shape index (κ3) is 4.40. The van der Waals surface area contributed by atoms with Crippen LogP contribution in [0.3, 0.4) is 0 Å². The molecule has 3 nitrogen and oxygen atoms in total. The van der Waals surface area contributed by atoms with E-state index in [-0.39, 0.29) is 5.97 Å². The smallest absolute Gasteiger partial charge is 0.338 e. The van der Waals surface area contributed by atoms with E-state index in [9.17, 15) is 4.79 Å². The van der Waals surface area contributed by atoms with Crippen LogP contribution in [0.15, 0.2) is 29.8 Å². The van der Waals surface area contributed by atoms with Gasteiger partial charge in [0.15, 0.2) is 0 Å². The Bertz CT molecular complexity index is 581. The molecule has 2 rings (SSSR count). The van der Waals surface area contributed by atoms with Gasteiger partial charge in [-0.2, -0.15) is 0 Å². The first-order valence-corrected chi connectivity index (χ1v) is 8.90. The third-order valence-corrected chi connectivity index (χ3v) is 5.03. The van der Waals surface area contributed by atoms with Crippen molar-refractivity contribution >= 4 is 11.5 Å². The van der Waals surface area contributed by atoms with Crippen LogP contribution in [0.2, 0.25) is 0 Å². The SMILES string of the molecule is CCOC(=O)C(=C1CCC(C(C)(C)C)CC1)c1ccc(OC)cc1. The molecule has 132 valence electrons. The van der Waals surface area contributed by atoms with Crippen molar-refractivity contribution in [3.05, 3.63) is 35.4 Å². The number of methoxy groups -OCH3 is 1. The second-order valence-electron chi connectivity index (χ2n) is 7.57. The quantitative estimate of drug-likeness (QED) is 0.559. The lowest BCUT2D eigenvalue weighted by Crippen LogP contribution is -2.24. The van der Waals surface area contributed by atoms with Crippen molar-refractivity contribution in [2.75, 3.05) is 13.7 Å². The van der Waals surface area contributed by atoms with Crippen molar-refractivity contribution in [3.8, 4) is 5.75 Å². The van der Waals surface area contributed by atoms with Gasteiger partial charge in [-0.1, -0.05) is 38.5 Å². The number of benzene rings is 1. The van der Waals surface area contributed by atoms with E-state index in [1.54, 1.807) is 7.11 Å². The fourth-order valence-electron chi connectivity index (χ4n) is 3.51. The maximum absolute atomic E-state index is 12.6. The molecule has 1 aliphatic carbocycles. The number of allylic oxidation sites excluding steroid dienone is 1. The molecule has 1 aromatic rings. The van der Waals surface area contributed by atoms with E-state index < -0.39 is 0 Å². The van der Waals surface area contributed by atoms with E-state index in [0.717, 1.165) is 42.6 Å². The minimum absolute atomic E-state index is 0.202. The first-order chi connectivity index (χ1) is 11.4. The largest absolute Gasteiger partial charge is 0.497 e. The molecule has 0 N–H and O–H groups in total. The van der Waals surface area contributed by atoms with Gasteiger partial charge in [0.05, 0.1) is 19.3 Å². The summed E-state index contributed by atoms with van der Waals surface area (Å²) in [7, 11) is 1.65. The molecule has 0 bridgehead atoms. The van der Waals surface area contributed by atoms with Crippen LogP contribution < -0.4 is 4.74 Å². The van der Waals surface area contributed by atoms with Crippen molar-refractivity contribution in [3.63, 3.8) is 0 Å². The monoisotopic (exact) mass is 330 g/mol. The van der Waals surface area contributed by atoms with Gasteiger partial charge >= 0.3 is 5.97 Å². The lowest BCUT2D eigenvalue weighted by molar-refractivity contribution is -0.136. The van der Waals surface area contributed by atoms with Crippen LogP contribution in [0.4, 0.5) is 0 Å². The van der Waals surface area contributed by atoms with E-state index in [0.29, 0.717) is 17.9 Å². The Kier molecular flexibility index (Phi) is 6.09. The van der Waals surface area contributed by atoms with E-state index in [1.807, 2.05) is 31.2 Å². The number of carbonyl (C=O) groups is 1. The van der Waals surface area contributed by atoms with Crippen LogP contribution in [-0.2, 0) is 9.53 Å². The van der Waals surface area contributed by atoms with Gasteiger partial charge < -0.3 is 9.47 Å². The second kappa shape index (κ2) is 7.87. The normalized spacial score (nSPS) is 18.2. The summed E-state index contributed by atoms with van der Waals surface area (Å²) in [6, 6.07) is 7.70. The second-order valence-corrected chi connectivity index (χ2v) is 7.57. The molecular formula is C21H30O3.